The quantitative estimate of drug-likeness (QED) is 0.556. The van der Waals surface area contributed by atoms with Crippen LogP contribution in [0, 0.1) is 6.07 Å². The Bertz CT molecular complexity index is 285. The normalized spacial score (nSPS) is 16.5. The van der Waals surface area contributed by atoms with Gasteiger partial charge in [0.15, 0.2) is 0 Å². The highest BCUT2D eigenvalue weighted by Crippen LogP contribution is 2.18. The summed E-state index contributed by atoms with van der Waals surface area (Å²) < 4.78 is 8.05. The molecule has 0 spiro atoms. The van der Waals surface area contributed by atoms with Gasteiger partial charge in [-0.1, -0.05) is 30.1 Å². The van der Waals surface area contributed by atoms with Gasteiger partial charge in [0.25, 0.3) is 0 Å². The maximum atomic E-state index is 5.58. The van der Waals surface area contributed by atoms with Crippen molar-refractivity contribution in [2.24, 2.45) is 0 Å². The summed E-state index contributed by atoms with van der Waals surface area (Å²) >= 11 is 1.96. The Morgan fingerprint density at radius 1 is 1.31 bits per heavy atom. The number of benzene rings is 1. The van der Waals surface area contributed by atoms with Crippen LogP contribution in [0.15, 0.2) is 24.3 Å². The van der Waals surface area contributed by atoms with E-state index in [0.717, 1.165) is 24.5 Å². The highest BCUT2D eigenvalue weighted by molar-refractivity contribution is 7.97. The van der Waals surface area contributed by atoms with E-state index < -0.39 is 0 Å². The summed E-state index contributed by atoms with van der Waals surface area (Å²) in [6, 6.07) is 10.8. The third-order valence-corrected chi connectivity index (χ3v) is 3.77. The molecule has 0 aliphatic carbocycles. The van der Waals surface area contributed by atoms with Crippen molar-refractivity contribution in [3.8, 4) is 5.75 Å². The zero-order valence-electron chi connectivity index (χ0n) is 9.52. The Hall–Kier alpha value is -0.670. The lowest BCUT2D eigenvalue weighted by molar-refractivity contribution is 0.317. The molecule has 0 amide bonds. The van der Waals surface area contributed by atoms with Gasteiger partial charge in [-0.3, -0.25) is 4.31 Å². The fourth-order valence-corrected chi connectivity index (χ4v) is 2.74. The molecular weight excluding hydrogens is 218 g/mol. The van der Waals surface area contributed by atoms with Gasteiger partial charge in [-0.25, -0.2) is 0 Å². The van der Waals surface area contributed by atoms with E-state index in [4.69, 9.17) is 4.74 Å². The molecule has 1 aromatic carbocycles. The molecule has 1 saturated heterocycles. The number of nitrogens with zero attached hydrogens (tertiary/aromatic N) is 1. The molecule has 1 heterocycles. The summed E-state index contributed by atoms with van der Waals surface area (Å²) in [7, 11) is 0. The van der Waals surface area contributed by atoms with Gasteiger partial charge < -0.3 is 4.74 Å². The standard InChI is InChI=1S/C13H18NOS/c1-2-7-13(8-3-1)15-11-6-12-16-14-9-4-5-10-14/h1-3,7H,4-6,9-12H2. The minimum absolute atomic E-state index is 0.793. The summed E-state index contributed by atoms with van der Waals surface area (Å²) in [5.74, 6) is 2.01. The first-order valence-corrected chi connectivity index (χ1v) is 6.87. The second-order valence-electron chi connectivity index (χ2n) is 3.90. The molecule has 0 aromatic heterocycles. The monoisotopic (exact) mass is 236 g/mol. The van der Waals surface area contributed by atoms with Crippen LogP contribution in [0.5, 0.6) is 5.75 Å². The number of para-hydroxylation sites is 1. The molecule has 0 bridgehead atoms. The van der Waals surface area contributed by atoms with Gasteiger partial charge in [0, 0.05) is 24.9 Å². The maximum Gasteiger partial charge on any atom is 0.127 e. The highest BCUT2D eigenvalue weighted by Gasteiger charge is 2.10. The van der Waals surface area contributed by atoms with Gasteiger partial charge in [0.05, 0.1) is 6.61 Å². The summed E-state index contributed by atoms with van der Waals surface area (Å²) in [6.07, 6.45) is 3.83. The van der Waals surface area contributed by atoms with E-state index in [-0.39, 0.29) is 0 Å². The molecule has 1 aromatic rings. The molecule has 1 fully saturated rings. The Labute approximate surface area is 102 Å². The first-order valence-electron chi connectivity index (χ1n) is 5.92. The van der Waals surface area contributed by atoms with E-state index >= 15 is 0 Å². The Morgan fingerprint density at radius 3 is 2.94 bits per heavy atom. The van der Waals surface area contributed by atoms with Crippen LogP contribution in [-0.4, -0.2) is 29.8 Å². The van der Waals surface area contributed by atoms with E-state index in [1.54, 1.807) is 0 Å². The van der Waals surface area contributed by atoms with Crippen molar-refractivity contribution >= 4 is 11.9 Å². The summed E-state index contributed by atoms with van der Waals surface area (Å²) in [5.41, 5.74) is 0. The smallest absolute Gasteiger partial charge is 0.127 e. The molecule has 0 N–H and O–H groups in total. The Kier molecular flexibility index (Phi) is 5.03. The van der Waals surface area contributed by atoms with Crippen LogP contribution >= 0.6 is 11.9 Å². The fraction of sp³-hybridized carbons (Fsp3) is 0.538. The SMILES string of the molecule is [c]1ccccc1OCCCSN1CCCC1. The number of hydrogen-bond acceptors (Lipinski definition) is 3. The molecule has 2 rings (SSSR count). The van der Waals surface area contributed by atoms with Crippen molar-refractivity contribution in [3.05, 3.63) is 30.3 Å². The second-order valence-corrected chi connectivity index (χ2v) is 5.08. The minimum atomic E-state index is 0.793. The van der Waals surface area contributed by atoms with Crippen LogP contribution in [0.3, 0.4) is 0 Å². The molecule has 16 heavy (non-hydrogen) atoms. The first kappa shape index (κ1) is 11.8. The van der Waals surface area contributed by atoms with Crippen molar-refractivity contribution in [2.75, 3.05) is 25.4 Å². The maximum absolute atomic E-state index is 5.58. The summed E-state index contributed by atoms with van der Waals surface area (Å²) in [6.45, 7) is 3.32. The molecule has 1 aliphatic rings. The van der Waals surface area contributed by atoms with Crippen LogP contribution in [0.25, 0.3) is 0 Å². The second kappa shape index (κ2) is 6.81. The molecular formula is C13H18NOS. The van der Waals surface area contributed by atoms with Gasteiger partial charge in [-0.15, -0.1) is 0 Å². The minimum Gasteiger partial charge on any atom is -0.493 e. The third-order valence-electron chi connectivity index (χ3n) is 2.57. The largest absolute Gasteiger partial charge is 0.493 e. The lowest BCUT2D eigenvalue weighted by Crippen LogP contribution is -2.11. The predicted molar refractivity (Wildman–Crippen MR) is 68.7 cm³/mol. The van der Waals surface area contributed by atoms with Crippen molar-refractivity contribution in [2.45, 2.75) is 19.3 Å². The van der Waals surface area contributed by atoms with Gasteiger partial charge >= 0.3 is 0 Å². The zero-order chi connectivity index (χ0) is 11.1. The summed E-state index contributed by atoms with van der Waals surface area (Å²) in [4.78, 5) is 0. The van der Waals surface area contributed by atoms with Gasteiger partial charge in [0.1, 0.15) is 5.75 Å². The van der Waals surface area contributed by atoms with E-state index in [1.807, 2.05) is 36.2 Å². The average Bonchev–Trinajstić information content (AvgIpc) is 2.83. The Balaban J connectivity index is 1.52. The van der Waals surface area contributed by atoms with Crippen LogP contribution in [-0.2, 0) is 0 Å². The van der Waals surface area contributed by atoms with Crippen LogP contribution in [0.1, 0.15) is 19.3 Å². The summed E-state index contributed by atoms with van der Waals surface area (Å²) in [5, 5.41) is 0. The zero-order valence-corrected chi connectivity index (χ0v) is 10.3. The van der Waals surface area contributed by atoms with Crippen LogP contribution < -0.4 is 4.74 Å². The van der Waals surface area contributed by atoms with Gasteiger partial charge in [-0.2, -0.15) is 0 Å². The van der Waals surface area contributed by atoms with Crippen LogP contribution in [0.4, 0.5) is 0 Å². The van der Waals surface area contributed by atoms with Gasteiger partial charge in [-0.05, 0) is 25.3 Å². The highest BCUT2D eigenvalue weighted by atomic mass is 32.2. The molecule has 87 valence electrons. The average molecular weight is 236 g/mol. The van der Waals surface area contributed by atoms with Crippen LogP contribution in [0.2, 0.25) is 0 Å². The topological polar surface area (TPSA) is 12.5 Å². The lowest BCUT2D eigenvalue weighted by atomic mass is 10.3. The van der Waals surface area contributed by atoms with E-state index in [9.17, 15) is 0 Å². The molecule has 0 unspecified atom stereocenters. The van der Waals surface area contributed by atoms with Crippen molar-refractivity contribution in [1.82, 2.24) is 4.31 Å². The molecule has 0 atom stereocenters. The lowest BCUT2D eigenvalue weighted by Gasteiger charge is -2.12. The fourth-order valence-electron chi connectivity index (χ4n) is 1.72. The number of ether oxygens (including phenoxy) is 1. The molecule has 1 radical (unpaired) electrons. The number of hydrogen-bond donors (Lipinski definition) is 0. The van der Waals surface area contributed by atoms with E-state index in [2.05, 4.69) is 10.4 Å². The van der Waals surface area contributed by atoms with Crippen molar-refractivity contribution in [1.29, 1.82) is 0 Å². The molecule has 0 saturated carbocycles. The predicted octanol–water partition coefficient (Wildman–Crippen LogP) is 3.00. The van der Waals surface area contributed by atoms with Crippen molar-refractivity contribution in [3.63, 3.8) is 0 Å². The molecule has 2 nitrogen and oxygen atoms in total. The third kappa shape index (κ3) is 4.06. The number of rotatable bonds is 6. The first-order chi connectivity index (χ1) is 7.95. The molecule has 3 heteroatoms. The Morgan fingerprint density at radius 2 is 2.19 bits per heavy atom. The van der Waals surface area contributed by atoms with E-state index in [0.29, 0.717) is 0 Å². The van der Waals surface area contributed by atoms with Crippen molar-refractivity contribution < 1.29 is 4.74 Å². The molecule has 1 aliphatic heterocycles. The van der Waals surface area contributed by atoms with E-state index in [1.165, 1.54) is 25.9 Å². The van der Waals surface area contributed by atoms with Gasteiger partial charge in [0.2, 0.25) is 0 Å².